The molecule has 5 nitrogen and oxygen atoms in total. The highest BCUT2D eigenvalue weighted by Crippen LogP contribution is 2.35. The van der Waals surface area contributed by atoms with Gasteiger partial charge in [0.1, 0.15) is 11.5 Å². The summed E-state index contributed by atoms with van der Waals surface area (Å²) in [4.78, 5) is 16.8. The van der Waals surface area contributed by atoms with Gasteiger partial charge in [-0.2, -0.15) is 0 Å². The maximum Gasteiger partial charge on any atom is 0.236 e. The van der Waals surface area contributed by atoms with E-state index in [0.717, 1.165) is 22.8 Å². The second-order valence-electron chi connectivity index (χ2n) is 6.13. The minimum Gasteiger partial charge on any atom is -0.497 e. The minimum absolute atomic E-state index is 0.0591. The normalized spacial score (nSPS) is 10.5. The number of benzene rings is 2. The van der Waals surface area contributed by atoms with Crippen LogP contribution in [0.1, 0.15) is 11.1 Å². The number of aryl methyl sites for hydroxylation is 1. The number of thiazole rings is 1. The Kier molecular flexibility index (Phi) is 6.95. The van der Waals surface area contributed by atoms with Crippen LogP contribution in [-0.4, -0.2) is 30.9 Å². The fourth-order valence-electron chi connectivity index (χ4n) is 2.69. The average Bonchev–Trinajstić information content (AvgIpc) is 3.15. The molecule has 0 aliphatic rings. The van der Waals surface area contributed by atoms with Crippen LogP contribution in [0.2, 0.25) is 0 Å². The van der Waals surface area contributed by atoms with Gasteiger partial charge in [-0.05, 0) is 30.7 Å². The molecule has 1 N–H and O–H groups in total. The maximum atomic E-state index is 12.2. The highest BCUT2D eigenvalue weighted by Gasteiger charge is 2.13. The Balaban J connectivity index is 1.59. The standard InChI is InChI=1S/C21H22N2O3S2/c1-14-5-4-6-15(9-14)11-27-13-20(24)23-21-22-18(12-28-21)17-10-16(25-2)7-8-19(17)26-3/h4-10,12H,11,13H2,1-3H3,(H,22,23,24). The van der Waals surface area contributed by atoms with E-state index in [9.17, 15) is 4.79 Å². The number of nitrogens with zero attached hydrogens (tertiary/aromatic N) is 1. The van der Waals surface area contributed by atoms with Gasteiger partial charge in [0.2, 0.25) is 5.91 Å². The monoisotopic (exact) mass is 414 g/mol. The van der Waals surface area contributed by atoms with E-state index in [2.05, 4.69) is 35.4 Å². The molecule has 0 spiro atoms. The number of amides is 1. The van der Waals surface area contributed by atoms with Gasteiger partial charge in [0.25, 0.3) is 0 Å². The predicted octanol–water partition coefficient (Wildman–Crippen LogP) is 5.01. The SMILES string of the molecule is COc1ccc(OC)c(-c2csc(NC(=O)CSCc3cccc(C)c3)n2)c1. The van der Waals surface area contributed by atoms with Crippen molar-refractivity contribution in [2.45, 2.75) is 12.7 Å². The van der Waals surface area contributed by atoms with Crippen molar-refractivity contribution in [1.29, 1.82) is 0 Å². The first kappa shape index (κ1) is 20.2. The van der Waals surface area contributed by atoms with Crippen LogP contribution in [-0.2, 0) is 10.5 Å². The van der Waals surface area contributed by atoms with Gasteiger partial charge in [0.15, 0.2) is 5.13 Å². The van der Waals surface area contributed by atoms with Crippen molar-refractivity contribution in [2.24, 2.45) is 0 Å². The molecule has 0 aliphatic heterocycles. The second kappa shape index (κ2) is 9.61. The third-order valence-corrected chi connectivity index (χ3v) is 5.78. The summed E-state index contributed by atoms with van der Waals surface area (Å²) in [7, 11) is 3.23. The number of anilines is 1. The van der Waals surface area contributed by atoms with Gasteiger partial charge in [-0.3, -0.25) is 4.79 Å². The molecule has 1 aromatic heterocycles. The van der Waals surface area contributed by atoms with Crippen LogP contribution in [0.4, 0.5) is 5.13 Å². The van der Waals surface area contributed by atoms with Crippen molar-refractivity contribution in [2.75, 3.05) is 25.3 Å². The lowest BCUT2D eigenvalue weighted by molar-refractivity contribution is -0.113. The van der Waals surface area contributed by atoms with Gasteiger partial charge in [0.05, 0.1) is 25.7 Å². The van der Waals surface area contributed by atoms with Crippen molar-refractivity contribution in [3.05, 3.63) is 59.0 Å². The number of ether oxygens (including phenoxy) is 2. The highest BCUT2D eigenvalue weighted by atomic mass is 32.2. The molecule has 0 unspecified atom stereocenters. The quantitative estimate of drug-likeness (QED) is 0.562. The molecule has 0 saturated heterocycles. The number of rotatable bonds is 8. The van der Waals surface area contributed by atoms with E-state index < -0.39 is 0 Å². The first-order valence-corrected chi connectivity index (χ1v) is 10.7. The Bertz CT molecular complexity index is 956. The summed E-state index contributed by atoms with van der Waals surface area (Å²) in [6.45, 7) is 2.07. The zero-order valence-corrected chi connectivity index (χ0v) is 17.7. The summed E-state index contributed by atoms with van der Waals surface area (Å²) in [6.07, 6.45) is 0. The van der Waals surface area contributed by atoms with Gasteiger partial charge >= 0.3 is 0 Å². The summed E-state index contributed by atoms with van der Waals surface area (Å²) >= 11 is 2.97. The maximum absolute atomic E-state index is 12.2. The van der Waals surface area contributed by atoms with E-state index in [1.807, 2.05) is 29.6 Å². The summed E-state index contributed by atoms with van der Waals surface area (Å²) < 4.78 is 10.7. The van der Waals surface area contributed by atoms with E-state index in [-0.39, 0.29) is 5.91 Å². The van der Waals surface area contributed by atoms with Gasteiger partial charge in [-0.15, -0.1) is 23.1 Å². The molecule has 2 aromatic carbocycles. The Hall–Kier alpha value is -2.51. The molecule has 0 bridgehead atoms. The van der Waals surface area contributed by atoms with Crippen LogP contribution in [0, 0.1) is 6.92 Å². The van der Waals surface area contributed by atoms with E-state index >= 15 is 0 Å². The number of nitrogens with one attached hydrogen (secondary N) is 1. The molecule has 7 heteroatoms. The molecule has 0 saturated carbocycles. The number of carbonyl (C=O) groups is 1. The van der Waals surface area contributed by atoms with Crippen molar-refractivity contribution in [1.82, 2.24) is 4.98 Å². The number of thioether (sulfide) groups is 1. The molecule has 0 aliphatic carbocycles. The zero-order valence-electron chi connectivity index (χ0n) is 16.0. The average molecular weight is 415 g/mol. The predicted molar refractivity (Wildman–Crippen MR) is 117 cm³/mol. The molecule has 1 heterocycles. The van der Waals surface area contributed by atoms with Crippen molar-refractivity contribution in [3.63, 3.8) is 0 Å². The van der Waals surface area contributed by atoms with Crippen molar-refractivity contribution < 1.29 is 14.3 Å². The molecular weight excluding hydrogens is 392 g/mol. The van der Waals surface area contributed by atoms with E-state index in [0.29, 0.717) is 16.6 Å². The van der Waals surface area contributed by atoms with Gasteiger partial charge < -0.3 is 14.8 Å². The van der Waals surface area contributed by atoms with Crippen LogP contribution in [0.25, 0.3) is 11.3 Å². The van der Waals surface area contributed by atoms with E-state index in [1.165, 1.54) is 22.5 Å². The minimum atomic E-state index is -0.0591. The van der Waals surface area contributed by atoms with Gasteiger partial charge in [-0.1, -0.05) is 29.8 Å². The lowest BCUT2D eigenvalue weighted by atomic mass is 10.1. The zero-order chi connectivity index (χ0) is 19.9. The lowest BCUT2D eigenvalue weighted by Crippen LogP contribution is -2.14. The molecule has 3 rings (SSSR count). The topological polar surface area (TPSA) is 60.5 Å². The second-order valence-corrected chi connectivity index (χ2v) is 7.98. The third-order valence-electron chi connectivity index (χ3n) is 4.02. The number of aromatic nitrogens is 1. The first-order chi connectivity index (χ1) is 13.6. The molecule has 28 heavy (non-hydrogen) atoms. The van der Waals surface area contributed by atoms with E-state index in [1.54, 1.807) is 26.0 Å². The number of methoxy groups -OCH3 is 2. The Labute approximate surface area is 173 Å². The smallest absolute Gasteiger partial charge is 0.236 e. The van der Waals surface area contributed by atoms with Gasteiger partial charge in [-0.25, -0.2) is 4.98 Å². The number of hydrogen-bond acceptors (Lipinski definition) is 6. The molecule has 146 valence electrons. The van der Waals surface area contributed by atoms with Crippen molar-refractivity contribution >= 4 is 34.1 Å². The Morgan fingerprint density at radius 2 is 2.04 bits per heavy atom. The molecule has 0 atom stereocenters. The molecule has 1 amide bonds. The Morgan fingerprint density at radius 3 is 2.79 bits per heavy atom. The van der Waals surface area contributed by atoms with Crippen LogP contribution in [0.3, 0.4) is 0 Å². The molecule has 0 fully saturated rings. The van der Waals surface area contributed by atoms with Crippen LogP contribution in [0.15, 0.2) is 47.8 Å². The highest BCUT2D eigenvalue weighted by molar-refractivity contribution is 7.99. The summed E-state index contributed by atoms with van der Waals surface area (Å²) in [5.41, 5.74) is 4.01. The van der Waals surface area contributed by atoms with Crippen molar-refractivity contribution in [3.8, 4) is 22.8 Å². The Morgan fingerprint density at radius 1 is 1.18 bits per heavy atom. The fourth-order valence-corrected chi connectivity index (χ4v) is 4.19. The first-order valence-electron chi connectivity index (χ1n) is 8.70. The van der Waals surface area contributed by atoms with Gasteiger partial charge in [0, 0.05) is 16.7 Å². The van der Waals surface area contributed by atoms with Crippen LogP contribution < -0.4 is 14.8 Å². The molecule has 3 aromatic rings. The van der Waals surface area contributed by atoms with E-state index in [4.69, 9.17) is 9.47 Å². The molecule has 0 radical (unpaired) electrons. The van der Waals surface area contributed by atoms with Crippen LogP contribution >= 0.6 is 23.1 Å². The molecular formula is C21H22N2O3S2. The number of hydrogen-bond donors (Lipinski definition) is 1. The fraction of sp³-hybridized carbons (Fsp3) is 0.238. The summed E-state index contributed by atoms with van der Waals surface area (Å²) in [5.74, 6) is 2.56. The summed E-state index contributed by atoms with van der Waals surface area (Å²) in [6, 6.07) is 13.9. The lowest BCUT2D eigenvalue weighted by Gasteiger charge is -2.08. The van der Waals surface area contributed by atoms with Crippen LogP contribution in [0.5, 0.6) is 11.5 Å². The largest absolute Gasteiger partial charge is 0.497 e. The third kappa shape index (κ3) is 5.27. The summed E-state index contributed by atoms with van der Waals surface area (Å²) in [5, 5.41) is 5.34. The number of carbonyl (C=O) groups excluding carboxylic acids is 1.